The molecule has 0 spiro atoms. The molecule has 0 aromatic carbocycles. The van der Waals surface area contributed by atoms with Gasteiger partial charge in [-0.25, -0.2) is 0 Å². The topological polar surface area (TPSA) is 34.1 Å². The molecule has 0 aliphatic heterocycles. The fourth-order valence-electron chi connectivity index (χ4n) is 2.79. The standard InChI is InChI=1S/C16H28O2/c1-2-3-4-5-6-7-8-9-11-14-12-10-13-15(17)16(14)18/h14H,2-13H2,1H3. The highest BCUT2D eigenvalue weighted by Crippen LogP contribution is 2.23. The highest BCUT2D eigenvalue weighted by Gasteiger charge is 2.28. The van der Waals surface area contributed by atoms with Crippen LogP contribution in [-0.2, 0) is 9.59 Å². The van der Waals surface area contributed by atoms with Gasteiger partial charge in [-0.05, 0) is 19.3 Å². The van der Waals surface area contributed by atoms with Crippen LogP contribution in [0.3, 0.4) is 0 Å². The Morgan fingerprint density at radius 1 is 0.944 bits per heavy atom. The van der Waals surface area contributed by atoms with Crippen LogP contribution in [0.2, 0.25) is 0 Å². The van der Waals surface area contributed by atoms with Gasteiger partial charge in [0.05, 0.1) is 0 Å². The molecule has 0 bridgehead atoms. The smallest absolute Gasteiger partial charge is 0.201 e. The minimum absolute atomic E-state index is 0.0614. The van der Waals surface area contributed by atoms with Gasteiger partial charge in [-0.3, -0.25) is 9.59 Å². The fraction of sp³-hybridized carbons (Fsp3) is 0.875. The van der Waals surface area contributed by atoms with Crippen molar-refractivity contribution >= 4 is 11.6 Å². The molecule has 2 nitrogen and oxygen atoms in total. The summed E-state index contributed by atoms with van der Waals surface area (Å²) in [5, 5.41) is 0. The molecule has 0 radical (unpaired) electrons. The maximum Gasteiger partial charge on any atom is 0.201 e. The first-order valence-corrected chi connectivity index (χ1v) is 7.82. The molecule has 1 saturated carbocycles. The molecule has 0 amide bonds. The molecule has 0 aromatic rings. The first-order valence-electron chi connectivity index (χ1n) is 7.82. The lowest BCUT2D eigenvalue weighted by Gasteiger charge is -2.18. The Labute approximate surface area is 112 Å². The van der Waals surface area contributed by atoms with E-state index < -0.39 is 0 Å². The lowest BCUT2D eigenvalue weighted by atomic mass is 9.83. The summed E-state index contributed by atoms with van der Waals surface area (Å²) in [6.07, 6.45) is 13.7. The predicted octanol–water partition coefficient (Wildman–Crippen LogP) is 4.46. The molecule has 1 aliphatic rings. The van der Waals surface area contributed by atoms with Crippen molar-refractivity contribution in [2.75, 3.05) is 0 Å². The van der Waals surface area contributed by atoms with E-state index in [0.717, 1.165) is 25.7 Å². The van der Waals surface area contributed by atoms with Gasteiger partial charge >= 0.3 is 0 Å². The van der Waals surface area contributed by atoms with Crippen LogP contribution in [0.1, 0.15) is 84.0 Å². The molecule has 1 aliphatic carbocycles. The number of unbranched alkanes of at least 4 members (excludes halogenated alkanes) is 7. The van der Waals surface area contributed by atoms with Gasteiger partial charge in [0.2, 0.25) is 5.78 Å². The van der Waals surface area contributed by atoms with Crippen LogP contribution in [0, 0.1) is 5.92 Å². The molecule has 2 heteroatoms. The Morgan fingerprint density at radius 2 is 1.56 bits per heavy atom. The van der Waals surface area contributed by atoms with Gasteiger partial charge in [0.1, 0.15) is 0 Å². The molecule has 1 fully saturated rings. The zero-order chi connectivity index (χ0) is 13.2. The van der Waals surface area contributed by atoms with Crippen molar-refractivity contribution < 1.29 is 9.59 Å². The predicted molar refractivity (Wildman–Crippen MR) is 74.6 cm³/mol. The fourth-order valence-corrected chi connectivity index (χ4v) is 2.79. The summed E-state index contributed by atoms with van der Waals surface area (Å²) in [6, 6.07) is 0. The van der Waals surface area contributed by atoms with Crippen LogP contribution >= 0.6 is 0 Å². The number of rotatable bonds is 9. The van der Waals surface area contributed by atoms with Crippen molar-refractivity contribution in [2.24, 2.45) is 5.92 Å². The van der Waals surface area contributed by atoms with Crippen molar-refractivity contribution in [3.8, 4) is 0 Å². The zero-order valence-corrected chi connectivity index (χ0v) is 11.9. The van der Waals surface area contributed by atoms with Crippen molar-refractivity contribution in [1.82, 2.24) is 0 Å². The van der Waals surface area contributed by atoms with E-state index in [9.17, 15) is 9.59 Å². The average molecular weight is 252 g/mol. The van der Waals surface area contributed by atoms with Crippen LogP contribution in [0.5, 0.6) is 0 Å². The van der Waals surface area contributed by atoms with E-state index in [-0.39, 0.29) is 17.5 Å². The molecular weight excluding hydrogens is 224 g/mol. The Morgan fingerprint density at radius 3 is 2.22 bits per heavy atom. The molecule has 1 atom stereocenters. The highest BCUT2D eigenvalue weighted by atomic mass is 16.2. The second-order valence-corrected chi connectivity index (χ2v) is 5.64. The summed E-state index contributed by atoms with van der Waals surface area (Å²) in [5.74, 6) is -0.138. The highest BCUT2D eigenvalue weighted by molar-refractivity contribution is 6.38. The summed E-state index contributed by atoms with van der Waals surface area (Å²) in [7, 11) is 0. The van der Waals surface area contributed by atoms with Gasteiger partial charge in [0.15, 0.2) is 5.78 Å². The summed E-state index contributed by atoms with van der Waals surface area (Å²) < 4.78 is 0. The third kappa shape index (κ3) is 5.79. The van der Waals surface area contributed by atoms with E-state index in [1.807, 2.05) is 0 Å². The maximum absolute atomic E-state index is 11.6. The van der Waals surface area contributed by atoms with E-state index in [0.29, 0.717) is 6.42 Å². The number of hydrogen-bond donors (Lipinski definition) is 0. The second kappa shape index (κ2) is 9.29. The first-order chi connectivity index (χ1) is 8.75. The lowest BCUT2D eigenvalue weighted by Crippen LogP contribution is -2.28. The van der Waals surface area contributed by atoms with Gasteiger partial charge in [0.25, 0.3) is 0 Å². The molecule has 0 N–H and O–H groups in total. The van der Waals surface area contributed by atoms with Gasteiger partial charge in [-0.2, -0.15) is 0 Å². The van der Waals surface area contributed by atoms with Crippen molar-refractivity contribution in [3.63, 3.8) is 0 Å². The Balaban J connectivity index is 1.97. The Bertz CT molecular complexity index is 258. The summed E-state index contributed by atoms with van der Waals surface area (Å²) in [5.41, 5.74) is 0. The summed E-state index contributed by atoms with van der Waals surface area (Å²) in [4.78, 5) is 22.9. The van der Waals surface area contributed by atoms with E-state index in [1.165, 1.54) is 44.9 Å². The molecule has 0 saturated heterocycles. The average Bonchev–Trinajstić information content (AvgIpc) is 2.37. The largest absolute Gasteiger partial charge is 0.291 e. The molecule has 0 heterocycles. The zero-order valence-electron chi connectivity index (χ0n) is 11.9. The minimum atomic E-state index is -0.120. The third-order valence-electron chi connectivity index (χ3n) is 4.01. The van der Waals surface area contributed by atoms with Crippen molar-refractivity contribution in [3.05, 3.63) is 0 Å². The number of hydrogen-bond acceptors (Lipinski definition) is 2. The quantitative estimate of drug-likeness (QED) is 0.448. The van der Waals surface area contributed by atoms with Gasteiger partial charge in [-0.15, -0.1) is 0 Å². The SMILES string of the molecule is CCCCCCCCCCC1CCCC(=O)C1=O. The molecule has 18 heavy (non-hydrogen) atoms. The van der Waals surface area contributed by atoms with Crippen molar-refractivity contribution in [2.45, 2.75) is 84.0 Å². The molecular formula is C16H28O2. The van der Waals surface area contributed by atoms with Gasteiger partial charge < -0.3 is 0 Å². The number of carbonyl (C=O) groups excluding carboxylic acids is 2. The number of ketones is 2. The lowest BCUT2D eigenvalue weighted by molar-refractivity contribution is -0.141. The molecule has 1 unspecified atom stereocenters. The van der Waals surface area contributed by atoms with Crippen LogP contribution in [-0.4, -0.2) is 11.6 Å². The number of carbonyl (C=O) groups is 2. The normalized spacial score (nSPS) is 20.4. The minimum Gasteiger partial charge on any atom is -0.291 e. The maximum atomic E-state index is 11.6. The van der Waals surface area contributed by atoms with Gasteiger partial charge in [-0.1, -0.05) is 58.3 Å². The van der Waals surface area contributed by atoms with E-state index >= 15 is 0 Å². The molecule has 1 rings (SSSR count). The van der Waals surface area contributed by atoms with Crippen molar-refractivity contribution in [1.29, 1.82) is 0 Å². The van der Waals surface area contributed by atoms with Crippen LogP contribution in [0.4, 0.5) is 0 Å². The first kappa shape index (κ1) is 15.4. The third-order valence-corrected chi connectivity index (χ3v) is 4.01. The summed E-state index contributed by atoms with van der Waals surface area (Å²) >= 11 is 0. The summed E-state index contributed by atoms with van der Waals surface area (Å²) in [6.45, 7) is 2.24. The second-order valence-electron chi connectivity index (χ2n) is 5.64. The molecule has 104 valence electrons. The Kier molecular flexibility index (Phi) is 7.95. The van der Waals surface area contributed by atoms with Crippen LogP contribution in [0.25, 0.3) is 0 Å². The number of Topliss-reactive ketones (excluding diaryl/α,β-unsaturated/α-hetero) is 2. The van der Waals surface area contributed by atoms with E-state index in [1.54, 1.807) is 0 Å². The van der Waals surface area contributed by atoms with E-state index in [2.05, 4.69) is 6.92 Å². The van der Waals surface area contributed by atoms with Crippen LogP contribution < -0.4 is 0 Å². The van der Waals surface area contributed by atoms with E-state index in [4.69, 9.17) is 0 Å². The van der Waals surface area contributed by atoms with Crippen LogP contribution in [0.15, 0.2) is 0 Å². The molecule has 0 aromatic heterocycles. The monoisotopic (exact) mass is 252 g/mol. The van der Waals surface area contributed by atoms with Gasteiger partial charge in [0, 0.05) is 12.3 Å². The Hall–Kier alpha value is -0.660.